The zero-order valence-corrected chi connectivity index (χ0v) is 15.7. The number of non-ortho nitro benzene ring substituents is 1. The van der Waals surface area contributed by atoms with Gasteiger partial charge in [-0.3, -0.25) is 19.7 Å². The Balaban J connectivity index is 1.97. The summed E-state index contributed by atoms with van der Waals surface area (Å²) in [5.74, 6) is -0.479. The van der Waals surface area contributed by atoms with E-state index in [2.05, 4.69) is 4.98 Å². The van der Waals surface area contributed by atoms with E-state index in [4.69, 9.17) is 0 Å². The van der Waals surface area contributed by atoms with Gasteiger partial charge >= 0.3 is 0 Å². The maximum atomic E-state index is 13.1. The molecular weight excluding hydrogens is 380 g/mol. The third-order valence-electron chi connectivity index (χ3n) is 4.74. The molecule has 0 unspecified atom stereocenters. The van der Waals surface area contributed by atoms with Crippen molar-refractivity contribution in [2.75, 3.05) is 0 Å². The smallest absolute Gasteiger partial charge is 0.270 e. The lowest BCUT2D eigenvalue weighted by molar-refractivity contribution is -0.384. The van der Waals surface area contributed by atoms with Crippen LogP contribution in [0, 0.1) is 10.1 Å². The van der Waals surface area contributed by atoms with Gasteiger partial charge in [0.25, 0.3) is 11.2 Å². The third kappa shape index (κ3) is 3.66. The highest BCUT2D eigenvalue weighted by Crippen LogP contribution is 2.32. The normalized spacial score (nSPS) is 11.1. The maximum absolute atomic E-state index is 13.1. The van der Waals surface area contributed by atoms with Crippen molar-refractivity contribution in [3.63, 3.8) is 0 Å². The fraction of sp³-hybridized carbons (Fsp3) is 0. The minimum Gasteiger partial charge on any atom is -0.321 e. The molecule has 0 bridgehead atoms. The summed E-state index contributed by atoms with van der Waals surface area (Å²) in [6.45, 7) is 0. The first-order valence-corrected chi connectivity index (χ1v) is 9.22. The molecule has 4 rings (SSSR count). The van der Waals surface area contributed by atoms with Gasteiger partial charge in [-0.2, -0.15) is 0 Å². The zero-order chi connectivity index (χ0) is 21.1. The fourth-order valence-corrected chi connectivity index (χ4v) is 3.35. The Kier molecular flexibility index (Phi) is 5.05. The number of rotatable bonds is 5. The van der Waals surface area contributed by atoms with Crippen LogP contribution in [0.3, 0.4) is 0 Å². The van der Waals surface area contributed by atoms with E-state index in [1.165, 1.54) is 24.3 Å². The molecule has 1 heterocycles. The van der Waals surface area contributed by atoms with Crippen LogP contribution < -0.4 is 5.56 Å². The van der Waals surface area contributed by atoms with E-state index in [1.54, 1.807) is 30.3 Å². The van der Waals surface area contributed by atoms with Crippen molar-refractivity contribution in [1.29, 1.82) is 0 Å². The van der Waals surface area contributed by atoms with E-state index < -0.39 is 16.3 Å². The summed E-state index contributed by atoms with van der Waals surface area (Å²) in [6, 6.07) is 22.4. The standard InChI is InChI=1S/C24H16N2O4/c27-21(14-11-16-7-3-1-4-8-16)23-22(17-9-5-2-6-10-17)19-15-18(26(29)30)12-13-20(19)25-24(23)28/h1-15H,(H,25,28)/b14-11-. The molecule has 0 aliphatic heterocycles. The summed E-state index contributed by atoms with van der Waals surface area (Å²) < 4.78 is 0. The predicted molar refractivity (Wildman–Crippen MR) is 116 cm³/mol. The number of hydrogen-bond acceptors (Lipinski definition) is 4. The van der Waals surface area contributed by atoms with Gasteiger partial charge in [-0.05, 0) is 23.3 Å². The van der Waals surface area contributed by atoms with E-state index in [0.717, 1.165) is 5.56 Å². The average molecular weight is 396 g/mol. The first kappa shape index (κ1) is 19.0. The number of aromatic amines is 1. The van der Waals surface area contributed by atoms with Crippen LogP contribution in [0.5, 0.6) is 0 Å². The number of nitro benzene ring substituents is 1. The zero-order valence-electron chi connectivity index (χ0n) is 15.7. The number of ketones is 1. The number of nitrogens with one attached hydrogen (secondary N) is 1. The van der Waals surface area contributed by atoms with Crippen LogP contribution in [0.15, 0.2) is 89.7 Å². The molecule has 30 heavy (non-hydrogen) atoms. The molecule has 0 saturated heterocycles. The highest BCUT2D eigenvalue weighted by molar-refractivity contribution is 6.15. The lowest BCUT2D eigenvalue weighted by Gasteiger charge is -2.11. The Morgan fingerprint density at radius 2 is 1.60 bits per heavy atom. The van der Waals surface area contributed by atoms with Gasteiger partial charge in [0.2, 0.25) is 0 Å². The second-order valence-corrected chi connectivity index (χ2v) is 6.67. The molecule has 6 heteroatoms. The Bertz CT molecular complexity index is 1340. The maximum Gasteiger partial charge on any atom is 0.270 e. The molecule has 0 radical (unpaired) electrons. The summed E-state index contributed by atoms with van der Waals surface area (Å²) in [5.41, 5.74) is 1.53. The molecular formula is C24H16N2O4. The summed E-state index contributed by atoms with van der Waals surface area (Å²) in [4.78, 5) is 39.4. The van der Waals surface area contributed by atoms with Crippen LogP contribution in [-0.4, -0.2) is 15.7 Å². The van der Waals surface area contributed by atoms with Gasteiger partial charge in [0.05, 0.1) is 10.5 Å². The number of allylic oxidation sites excluding steroid dienone is 1. The largest absolute Gasteiger partial charge is 0.321 e. The summed E-state index contributed by atoms with van der Waals surface area (Å²) in [5, 5.41) is 11.7. The van der Waals surface area contributed by atoms with E-state index in [9.17, 15) is 19.7 Å². The number of pyridine rings is 1. The first-order chi connectivity index (χ1) is 14.5. The van der Waals surface area contributed by atoms with Gasteiger partial charge in [0.15, 0.2) is 5.78 Å². The highest BCUT2D eigenvalue weighted by atomic mass is 16.6. The highest BCUT2D eigenvalue weighted by Gasteiger charge is 2.20. The Morgan fingerprint density at radius 3 is 2.27 bits per heavy atom. The molecule has 0 amide bonds. The van der Waals surface area contributed by atoms with Gasteiger partial charge in [0.1, 0.15) is 0 Å². The van der Waals surface area contributed by atoms with E-state index in [-0.39, 0.29) is 11.3 Å². The molecule has 0 spiro atoms. The van der Waals surface area contributed by atoms with Crippen LogP contribution >= 0.6 is 0 Å². The molecule has 6 nitrogen and oxygen atoms in total. The number of fused-ring (bicyclic) bond motifs is 1. The topological polar surface area (TPSA) is 93.1 Å². The number of nitro groups is 1. The monoisotopic (exact) mass is 396 g/mol. The van der Waals surface area contributed by atoms with Crippen molar-refractivity contribution in [3.8, 4) is 11.1 Å². The molecule has 1 N–H and O–H groups in total. The molecule has 4 aromatic rings. The van der Waals surface area contributed by atoms with Crippen LogP contribution in [0.4, 0.5) is 5.69 Å². The van der Waals surface area contributed by atoms with Crippen LogP contribution in [0.25, 0.3) is 28.1 Å². The average Bonchev–Trinajstić information content (AvgIpc) is 2.77. The van der Waals surface area contributed by atoms with Crippen molar-refractivity contribution >= 4 is 28.4 Å². The van der Waals surface area contributed by atoms with Crippen LogP contribution in [0.1, 0.15) is 15.9 Å². The first-order valence-electron chi connectivity index (χ1n) is 9.22. The van der Waals surface area contributed by atoms with E-state index in [1.807, 2.05) is 36.4 Å². The molecule has 0 aliphatic carbocycles. The third-order valence-corrected chi connectivity index (χ3v) is 4.74. The van der Waals surface area contributed by atoms with Crippen LogP contribution in [-0.2, 0) is 0 Å². The molecule has 3 aromatic carbocycles. The number of carbonyl (C=O) groups excluding carboxylic acids is 1. The minimum atomic E-state index is -0.544. The quantitative estimate of drug-likeness (QED) is 0.222. The molecule has 0 saturated carbocycles. The van der Waals surface area contributed by atoms with E-state index >= 15 is 0 Å². The van der Waals surface area contributed by atoms with Crippen molar-refractivity contribution in [2.24, 2.45) is 0 Å². The van der Waals surface area contributed by atoms with Gasteiger partial charge in [-0.15, -0.1) is 0 Å². The molecule has 1 aromatic heterocycles. The number of aromatic nitrogens is 1. The molecule has 0 fully saturated rings. The number of nitrogens with zero attached hydrogens (tertiary/aromatic N) is 1. The fourth-order valence-electron chi connectivity index (χ4n) is 3.35. The number of H-pyrrole nitrogens is 1. The van der Waals surface area contributed by atoms with Crippen molar-refractivity contribution in [1.82, 2.24) is 4.98 Å². The van der Waals surface area contributed by atoms with Gasteiger partial charge < -0.3 is 4.98 Å². The summed E-state index contributed by atoms with van der Waals surface area (Å²) in [6.07, 6.45) is 2.98. The number of hydrogen-bond donors (Lipinski definition) is 1. The SMILES string of the molecule is O=C(/C=C\c1ccccc1)c1c(-c2ccccc2)c2cc([N+](=O)[O-])ccc2[nH]c1=O. The second kappa shape index (κ2) is 7.97. The number of carbonyl (C=O) groups is 1. The van der Waals surface area contributed by atoms with Crippen molar-refractivity contribution in [2.45, 2.75) is 0 Å². The van der Waals surface area contributed by atoms with Crippen molar-refractivity contribution in [3.05, 3.63) is 117 Å². The van der Waals surface area contributed by atoms with Gasteiger partial charge in [-0.25, -0.2) is 0 Å². The molecule has 0 atom stereocenters. The van der Waals surface area contributed by atoms with E-state index in [0.29, 0.717) is 22.0 Å². The molecule has 0 aliphatic rings. The van der Waals surface area contributed by atoms with Crippen LogP contribution in [0.2, 0.25) is 0 Å². The van der Waals surface area contributed by atoms with Gasteiger partial charge in [-0.1, -0.05) is 66.7 Å². The lowest BCUT2D eigenvalue weighted by atomic mass is 9.93. The number of benzene rings is 3. The Morgan fingerprint density at radius 1 is 0.933 bits per heavy atom. The predicted octanol–water partition coefficient (Wildman–Crippen LogP) is 5.00. The van der Waals surface area contributed by atoms with Gasteiger partial charge in [0, 0.05) is 28.6 Å². The molecule has 146 valence electrons. The van der Waals surface area contributed by atoms with Crippen molar-refractivity contribution < 1.29 is 9.72 Å². The summed E-state index contributed by atoms with van der Waals surface area (Å²) in [7, 11) is 0. The second-order valence-electron chi connectivity index (χ2n) is 6.67. The Labute approximate surface area is 171 Å². The summed E-state index contributed by atoms with van der Waals surface area (Å²) >= 11 is 0. The minimum absolute atomic E-state index is 0.0543. The lowest BCUT2D eigenvalue weighted by Crippen LogP contribution is -2.18. The Hall–Kier alpha value is -4.32.